The van der Waals surface area contributed by atoms with E-state index in [1.54, 1.807) is 31.4 Å². The molecule has 1 heterocycles. The largest absolute Gasteiger partial charge is 0.497 e. The van der Waals surface area contributed by atoms with Gasteiger partial charge in [-0.1, -0.05) is 0 Å². The first kappa shape index (κ1) is 13.9. The summed E-state index contributed by atoms with van der Waals surface area (Å²) >= 11 is 0. The van der Waals surface area contributed by atoms with Crippen LogP contribution in [0.15, 0.2) is 24.3 Å². The van der Waals surface area contributed by atoms with E-state index in [4.69, 9.17) is 9.47 Å². The molecule has 4 nitrogen and oxygen atoms in total. The van der Waals surface area contributed by atoms with Crippen molar-refractivity contribution in [1.82, 2.24) is 5.32 Å². The van der Waals surface area contributed by atoms with Crippen LogP contribution in [0.5, 0.6) is 11.5 Å². The lowest BCUT2D eigenvalue weighted by Gasteiger charge is -2.22. The van der Waals surface area contributed by atoms with Crippen molar-refractivity contribution < 1.29 is 14.3 Å². The first-order chi connectivity index (χ1) is 9.28. The number of hydrogen-bond donors (Lipinski definition) is 1. The number of nitrogens with one attached hydrogen (secondary N) is 1. The van der Waals surface area contributed by atoms with E-state index in [0.29, 0.717) is 18.1 Å². The Morgan fingerprint density at radius 3 is 2.68 bits per heavy atom. The molecular weight excluding hydrogens is 242 g/mol. The molecule has 1 aromatic rings. The zero-order valence-corrected chi connectivity index (χ0v) is 11.4. The van der Waals surface area contributed by atoms with Crippen molar-refractivity contribution in [3.63, 3.8) is 0 Å². The fourth-order valence-corrected chi connectivity index (χ4v) is 2.32. The van der Waals surface area contributed by atoms with Gasteiger partial charge in [0.1, 0.15) is 11.5 Å². The van der Waals surface area contributed by atoms with E-state index in [0.717, 1.165) is 25.3 Å². The van der Waals surface area contributed by atoms with Crippen molar-refractivity contribution in [2.24, 2.45) is 5.92 Å². The number of esters is 1. The Hall–Kier alpha value is -1.55. The third-order valence-electron chi connectivity index (χ3n) is 3.45. The minimum atomic E-state index is -0.157. The highest BCUT2D eigenvalue weighted by molar-refractivity contribution is 5.72. The van der Waals surface area contributed by atoms with E-state index in [1.807, 2.05) is 0 Å². The molecule has 19 heavy (non-hydrogen) atoms. The average molecular weight is 263 g/mol. The SMILES string of the molecule is COc1ccc(OC(=O)CCC2CCCNC2)cc1. The summed E-state index contributed by atoms with van der Waals surface area (Å²) in [6, 6.07) is 7.07. The lowest BCUT2D eigenvalue weighted by molar-refractivity contribution is -0.134. The number of hydrogen-bond acceptors (Lipinski definition) is 4. The smallest absolute Gasteiger partial charge is 0.311 e. The second kappa shape index (κ2) is 7.14. The van der Waals surface area contributed by atoms with Crippen molar-refractivity contribution in [2.45, 2.75) is 25.7 Å². The van der Waals surface area contributed by atoms with Gasteiger partial charge in [-0.25, -0.2) is 0 Å². The van der Waals surface area contributed by atoms with Crippen LogP contribution in [0, 0.1) is 5.92 Å². The first-order valence-corrected chi connectivity index (χ1v) is 6.83. The molecule has 1 N–H and O–H groups in total. The molecule has 1 atom stereocenters. The van der Waals surface area contributed by atoms with Gasteiger partial charge in [0.15, 0.2) is 0 Å². The molecule has 0 aliphatic carbocycles. The Bertz CT molecular complexity index is 396. The van der Waals surface area contributed by atoms with Crippen LogP contribution in [0.25, 0.3) is 0 Å². The zero-order chi connectivity index (χ0) is 13.5. The van der Waals surface area contributed by atoms with Gasteiger partial charge in [0.05, 0.1) is 7.11 Å². The van der Waals surface area contributed by atoms with Gasteiger partial charge in [0.2, 0.25) is 0 Å². The van der Waals surface area contributed by atoms with Crippen LogP contribution < -0.4 is 14.8 Å². The molecule has 4 heteroatoms. The van der Waals surface area contributed by atoms with Gasteiger partial charge in [0, 0.05) is 6.42 Å². The Morgan fingerprint density at radius 2 is 2.05 bits per heavy atom. The minimum absolute atomic E-state index is 0.157. The molecule has 2 rings (SSSR count). The molecule has 1 unspecified atom stereocenters. The molecule has 0 amide bonds. The lowest BCUT2D eigenvalue weighted by atomic mass is 9.95. The molecule has 1 aliphatic heterocycles. The molecule has 0 spiro atoms. The highest BCUT2D eigenvalue weighted by atomic mass is 16.5. The molecule has 1 saturated heterocycles. The standard InChI is InChI=1S/C15H21NO3/c1-18-13-5-7-14(8-6-13)19-15(17)9-4-12-3-2-10-16-11-12/h5-8,12,16H,2-4,9-11H2,1H3. The summed E-state index contributed by atoms with van der Waals surface area (Å²) in [5, 5.41) is 3.35. The summed E-state index contributed by atoms with van der Waals surface area (Å²) < 4.78 is 10.3. The third-order valence-corrected chi connectivity index (χ3v) is 3.45. The molecule has 0 bridgehead atoms. The van der Waals surface area contributed by atoms with Crippen molar-refractivity contribution in [3.8, 4) is 11.5 Å². The molecule has 1 aromatic carbocycles. The predicted molar refractivity (Wildman–Crippen MR) is 73.5 cm³/mol. The van der Waals surface area contributed by atoms with Crippen molar-refractivity contribution in [1.29, 1.82) is 0 Å². The highest BCUT2D eigenvalue weighted by Gasteiger charge is 2.15. The quantitative estimate of drug-likeness (QED) is 0.654. The number of carbonyl (C=O) groups excluding carboxylic acids is 1. The number of methoxy groups -OCH3 is 1. The van der Waals surface area contributed by atoms with E-state index < -0.39 is 0 Å². The summed E-state index contributed by atoms with van der Waals surface area (Å²) in [5.74, 6) is 1.79. The fraction of sp³-hybridized carbons (Fsp3) is 0.533. The molecule has 0 radical (unpaired) electrons. The topological polar surface area (TPSA) is 47.6 Å². The summed E-state index contributed by atoms with van der Waals surface area (Å²) in [6.45, 7) is 2.13. The maximum Gasteiger partial charge on any atom is 0.311 e. The van der Waals surface area contributed by atoms with Gasteiger partial charge < -0.3 is 14.8 Å². The lowest BCUT2D eigenvalue weighted by Crippen LogP contribution is -2.30. The number of rotatable bonds is 5. The second-order valence-corrected chi connectivity index (χ2v) is 4.90. The van der Waals surface area contributed by atoms with Gasteiger partial charge >= 0.3 is 5.97 Å². The van der Waals surface area contributed by atoms with E-state index in [-0.39, 0.29) is 5.97 Å². The predicted octanol–water partition coefficient (Wildman–Crippen LogP) is 2.38. The van der Waals surface area contributed by atoms with E-state index in [2.05, 4.69) is 5.32 Å². The van der Waals surface area contributed by atoms with Crippen LogP contribution in [0.2, 0.25) is 0 Å². The van der Waals surface area contributed by atoms with Crippen LogP contribution >= 0.6 is 0 Å². The molecule has 104 valence electrons. The third kappa shape index (κ3) is 4.56. The van der Waals surface area contributed by atoms with Crippen molar-refractivity contribution in [3.05, 3.63) is 24.3 Å². The highest BCUT2D eigenvalue weighted by Crippen LogP contribution is 2.19. The fourth-order valence-electron chi connectivity index (χ4n) is 2.32. The first-order valence-electron chi connectivity index (χ1n) is 6.83. The van der Waals surface area contributed by atoms with Gasteiger partial charge in [0.25, 0.3) is 0 Å². The number of ether oxygens (including phenoxy) is 2. The Balaban J connectivity index is 1.73. The Kier molecular flexibility index (Phi) is 5.21. The molecule has 0 aromatic heterocycles. The summed E-state index contributed by atoms with van der Waals surface area (Å²) in [6.07, 6.45) is 3.81. The van der Waals surface area contributed by atoms with Crippen LogP contribution in [0.4, 0.5) is 0 Å². The van der Waals surface area contributed by atoms with Crippen LogP contribution in [-0.2, 0) is 4.79 Å². The van der Waals surface area contributed by atoms with E-state index in [9.17, 15) is 4.79 Å². The van der Waals surface area contributed by atoms with E-state index in [1.165, 1.54) is 12.8 Å². The maximum atomic E-state index is 11.7. The normalized spacial score (nSPS) is 18.9. The summed E-state index contributed by atoms with van der Waals surface area (Å²) in [7, 11) is 1.61. The Morgan fingerprint density at radius 1 is 1.32 bits per heavy atom. The summed E-state index contributed by atoms with van der Waals surface area (Å²) in [4.78, 5) is 11.7. The zero-order valence-electron chi connectivity index (χ0n) is 11.4. The van der Waals surface area contributed by atoms with Gasteiger partial charge in [-0.15, -0.1) is 0 Å². The minimum Gasteiger partial charge on any atom is -0.497 e. The summed E-state index contributed by atoms with van der Waals surface area (Å²) in [5.41, 5.74) is 0. The second-order valence-electron chi connectivity index (χ2n) is 4.90. The van der Waals surface area contributed by atoms with E-state index >= 15 is 0 Å². The van der Waals surface area contributed by atoms with Crippen molar-refractivity contribution >= 4 is 5.97 Å². The number of carbonyl (C=O) groups is 1. The van der Waals surface area contributed by atoms with Gasteiger partial charge in [-0.3, -0.25) is 4.79 Å². The van der Waals surface area contributed by atoms with Gasteiger partial charge in [-0.05, 0) is 62.5 Å². The molecule has 1 fully saturated rings. The maximum absolute atomic E-state index is 11.7. The molecule has 1 aliphatic rings. The average Bonchev–Trinajstić information content (AvgIpc) is 2.47. The monoisotopic (exact) mass is 263 g/mol. The molecular formula is C15H21NO3. The van der Waals surface area contributed by atoms with Gasteiger partial charge in [-0.2, -0.15) is 0 Å². The number of benzene rings is 1. The van der Waals surface area contributed by atoms with Crippen molar-refractivity contribution in [2.75, 3.05) is 20.2 Å². The molecule has 0 saturated carbocycles. The van der Waals surface area contributed by atoms with Crippen LogP contribution in [-0.4, -0.2) is 26.2 Å². The van der Waals surface area contributed by atoms with Crippen LogP contribution in [0.1, 0.15) is 25.7 Å². The number of piperidine rings is 1. The van der Waals surface area contributed by atoms with Crippen LogP contribution in [0.3, 0.4) is 0 Å². The Labute approximate surface area is 114 Å².